The molecule has 2 rings (SSSR count). The maximum atomic E-state index is 11.3. The number of benzene rings is 1. The third kappa shape index (κ3) is 2.94. The van der Waals surface area contributed by atoms with Crippen molar-refractivity contribution in [2.24, 2.45) is 5.73 Å². The number of rotatable bonds is 4. The zero-order valence-electron chi connectivity index (χ0n) is 9.44. The summed E-state index contributed by atoms with van der Waals surface area (Å²) in [5, 5.41) is 3.14. The van der Waals surface area contributed by atoms with Gasteiger partial charge in [-0.25, -0.2) is 0 Å². The summed E-state index contributed by atoms with van der Waals surface area (Å²) in [5.74, 6) is -0.485. The molecule has 0 aliphatic carbocycles. The Morgan fingerprint density at radius 3 is 2.72 bits per heavy atom. The van der Waals surface area contributed by atoms with Crippen LogP contribution in [0.1, 0.15) is 15.2 Å². The lowest BCUT2D eigenvalue weighted by Crippen LogP contribution is -2.14. The van der Waals surface area contributed by atoms with Gasteiger partial charge in [0.1, 0.15) is 0 Å². The van der Waals surface area contributed by atoms with Gasteiger partial charge in [0.15, 0.2) is 0 Å². The minimum absolute atomic E-state index is 0.423. The molecule has 1 heterocycles. The van der Waals surface area contributed by atoms with Gasteiger partial charge >= 0.3 is 0 Å². The van der Waals surface area contributed by atoms with Crippen molar-refractivity contribution in [3.05, 3.63) is 45.1 Å². The average molecular weight is 282 g/mol. The number of hydrogen-bond donors (Lipinski definition) is 3. The Morgan fingerprint density at radius 2 is 2.11 bits per heavy atom. The second-order valence-corrected chi connectivity index (χ2v) is 5.53. The highest BCUT2D eigenvalue weighted by molar-refractivity contribution is 7.16. The Morgan fingerprint density at radius 1 is 1.33 bits per heavy atom. The van der Waals surface area contributed by atoms with E-state index in [4.69, 9.17) is 23.1 Å². The number of amides is 1. The highest BCUT2D eigenvalue weighted by atomic mass is 35.5. The summed E-state index contributed by atoms with van der Waals surface area (Å²) >= 11 is 7.33. The van der Waals surface area contributed by atoms with E-state index in [9.17, 15) is 4.79 Å². The molecule has 2 aromatic rings. The van der Waals surface area contributed by atoms with Crippen LogP contribution in [0.5, 0.6) is 0 Å². The third-order valence-corrected chi connectivity index (χ3v) is 3.62. The number of hydrogen-bond acceptors (Lipinski definition) is 4. The minimum Gasteiger partial charge on any atom is -0.399 e. The van der Waals surface area contributed by atoms with Crippen molar-refractivity contribution in [2.75, 3.05) is 11.1 Å². The van der Waals surface area contributed by atoms with Crippen LogP contribution in [0.2, 0.25) is 4.34 Å². The standard InChI is InChI=1S/C12H12ClN3OS/c13-11-4-2-8(18-11)6-16-10-5-7(14)1-3-9(10)12(15)17/h1-5,16H,6,14H2,(H2,15,17). The molecule has 0 radical (unpaired) electrons. The minimum atomic E-state index is -0.485. The van der Waals surface area contributed by atoms with Crippen LogP contribution in [0.25, 0.3) is 0 Å². The van der Waals surface area contributed by atoms with E-state index >= 15 is 0 Å². The van der Waals surface area contributed by atoms with Gasteiger partial charge in [-0.2, -0.15) is 0 Å². The molecule has 4 nitrogen and oxygen atoms in total. The van der Waals surface area contributed by atoms with Crippen molar-refractivity contribution < 1.29 is 4.79 Å². The summed E-state index contributed by atoms with van der Waals surface area (Å²) in [5.41, 5.74) is 12.6. The number of nitrogen functional groups attached to an aromatic ring is 1. The number of carbonyl (C=O) groups is 1. The number of primary amides is 1. The topological polar surface area (TPSA) is 81.1 Å². The van der Waals surface area contributed by atoms with E-state index in [-0.39, 0.29) is 0 Å². The Kier molecular flexibility index (Phi) is 3.74. The van der Waals surface area contributed by atoms with Gasteiger partial charge in [0.2, 0.25) is 0 Å². The van der Waals surface area contributed by atoms with E-state index < -0.39 is 5.91 Å². The molecule has 0 spiro atoms. The second-order valence-electron chi connectivity index (χ2n) is 3.73. The Balaban J connectivity index is 2.17. The van der Waals surface area contributed by atoms with Crippen LogP contribution in [0, 0.1) is 0 Å². The Bertz CT molecular complexity index is 582. The van der Waals surface area contributed by atoms with Gasteiger partial charge in [-0.1, -0.05) is 11.6 Å². The van der Waals surface area contributed by atoms with Crippen molar-refractivity contribution in [3.8, 4) is 0 Å². The molecular weight excluding hydrogens is 270 g/mol. The van der Waals surface area contributed by atoms with Crippen molar-refractivity contribution in [2.45, 2.75) is 6.54 Å². The lowest BCUT2D eigenvalue weighted by atomic mass is 10.1. The number of halogens is 1. The summed E-state index contributed by atoms with van der Waals surface area (Å²) in [4.78, 5) is 12.3. The fourth-order valence-corrected chi connectivity index (χ4v) is 2.58. The number of carbonyl (C=O) groups excluding carboxylic acids is 1. The first-order valence-electron chi connectivity index (χ1n) is 5.23. The van der Waals surface area contributed by atoms with E-state index in [2.05, 4.69) is 5.32 Å². The maximum Gasteiger partial charge on any atom is 0.250 e. The molecule has 1 aromatic heterocycles. The van der Waals surface area contributed by atoms with Crippen LogP contribution in [0.15, 0.2) is 30.3 Å². The highest BCUT2D eigenvalue weighted by Gasteiger charge is 2.08. The van der Waals surface area contributed by atoms with E-state index in [1.54, 1.807) is 18.2 Å². The lowest BCUT2D eigenvalue weighted by Gasteiger charge is -2.10. The van der Waals surface area contributed by atoms with E-state index in [1.165, 1.54) is 11.3 Å². The molecule has 94 valence electrons. The van der Waals surface area contributed by atoms with Crippen LogP contribution >= 0.6 is 22.9 Å². The molecule has 0 bridgehead atoms. The van der Waals surface area contributed by atoms with Gasteiger partial charge in [0.25, 0.3) is 5.91 Å². The lowest BCUT2D eigenvalue weighted by molar-refractivity contribution is 0.100. The summed E-state index contributed by atoms with van der Waals surface area (Å²) < 4.78 is 0.731. The molecule has 6 heteroatoms. The van der Waals surface area contributed by atoms with Crippen LogP contribution in [-0.2, 0) is 6.54 Å². The van der Waals surface area contributed by atoms with Crippen molar-refractivity contribution in [1.82, 2.24) is 0 Å². The van der Waals surface area contributed by atoms with Crippen molar-refractivity contribution >= 4 is 40.2 Å². The van der Waals surface area contributed by atoms with Gasteiger partial charge in [0.05, 0.1) is 9.90 Å². The van der Waals surface area contributed by atoms with Gasteiger partial charge < -0.3 is 16.8 Å². The molecule has 0 aliphatic heterocycles. The van der Waals surface area contributed by atoms with E-state index in [0.29, 0.717) is 23.5 Å². The van der Waals surface area contributed by atoms with Crippen LogP contribution in [-0.4, -0.2) is 5.91 Å². The number of anilines is 2. The zero-order valence-corrected chi connectivity index (χ0v) is 11.0. The third-order valence-electron chi connectivity index (χ3n) is 2.39. The van der Waals surface area contributed by atoms with Crippen molar-refractivity contribution in [3.63, 3.8) is 0 Å². The fraction of sp³-hybridized carbons (Fsp3) is 0.0833. The number of nitrogens with one attached hydrogen (secondary N) is 1. The first kappa shape index (κ1) is 12.7. The first-order chi connectivity index (χ1) is 8.56. The SMILES string of the molecule is NC(=O)c1ccc(N)cc1NCc1ccc(Cl)s1. The van der Waals surface area contributed by atoms with E-state index in [1.807, 2.05) is 12.1 Å². The first-order valence-corrected chi connectivity index (χ1v) is 6.43. The predicted molar refractivity (Wildman–Crippen MR) is 76.0 cm³/mol. The summed E-state index contributed by atoms with van der Waals surface area (Å²) in [6.07, 6.45) is 0. The monoisotopic (exact) mass is 281 g/mol. The number of thiophene rings is 1. The average Bonchev–Trinajstić information content (AvgIpc) is 2.72. The Hall–Kier alpha value is -1.72. The maximum absolute atomic E-state index is 11.3. The second kappa shape index (κ2) is 5.29. The molecular formula is C12H12ClN3OS. The molecule has 0 atom stereocenters. The van der Waals surface area contributed by atoms with Crippen LogP contribution in [0.4, 0.5) is 11.4 Å². The van der Waals surface area contributed by atoms with Crippen LogP contribution in [0.3, 0.4) is 0 Å². The largest absolute Gasteiger partial charge is 0.399 e. The molecule has 0 saturated heterocycles. The molecule has 0 unspecified atom stereocenters. The molecule has 0 fully saturated rings. The molecule has 1 amide bonds. The fourth-order valence-electron chi connectivity index (χ4n) is 1.55. The molecule has 1 aromatic carbocycles. The number of nitrogens with two attached hydrogens (primary N) is 2. The normalized spacial score (nSPS) is 10.3. The molecule has 0 aliphatic rings. The zero-order chi connectivity index (χ0) is 13.1. The summed E-state index contributed by atoms with van der Waals surface area (Å²) in [7, 11) is 0. The van der Waals surface area contributed by atoms with E-state index in [0.717, 1.165) is 9.21 Å². The quantitative estimate of drug-likeness (QED) is 0.754. The summed E-state index contributed by atoms with van der Waals surface area (Å²) in [6, 6.07) is 8.71. The van der Waals surface area contributed by atoms with Crippen molar-refractivity contribution in [1.29, 1.82) is 0 Å². The smallest absolute Gasteiger partial charge is 0.250 e. The summed E-state index contributed by atoms with van der Waals surface area (Å²) in [6.45, 7) is 0.571. The highest BCUT2D eigenvalue weighted by Crippen LogP contribution is 2.24. The molecule has 18 heavy (non-hydrogen) atoms. The van der Waals surface area contributed by atoms with Gasteiger partial charge in [-0.15, -0.1) is 11.3 Å². The molecule has 5 N–H and O–H groups in total. The van der Waals surface area contributed by atoms with Gasteiger partial charge in [0, 0.05) is 22.8 Å². The van der Waals surface area contributed by atoms with Crippen LogP contribution < -0.4 is 16.8 Å². The predicted octanol–water partition coefficient (Wildman–Crippen LogP) is 2.69. The molecule has 0 saturated carbocycles. The Labute approximate surface area is 114 Å². The van der Waals surface area contributed by atoms with Gasteiger partial charge in [-0.05, 0) is 30.3 Å². The van der Waals surface area contributed by atoms with Gasteiger partial charge in [-0.3, -0.25) is 4.79 Å².